The third-order valence-electron chi connectivity index (χ3n) is 6.17. The summed E-state index contributed by atoms with van der Waals surface area (Å²) in [4.78, 5) is 12.9. The third kappa shape index (κ3) is 5.59. The first-order valence-corrected chi connectivity index (χ1v) is 13.8. The number of thioether (sulfide) groups is 1. The van der Waals surface area contributed by atoms with Gasteiger partial charge in [0.05, 0.1) is 23.9 Å². The molecule has 1 saturated carbocycles. The number of hydrogen-bond donors (Lipinski definition) is 1. The Kier molecular flexibility index (Phi) is 7.72. The molecule has 4 rings (SSSR count). The first-order valence-electron chi connectivity index (χ1n) is 11.4. The molecule has 0 spiro atoms. The highest BCUT2D eigenvalue weighted by Crippen LogP contribution is 2.32. The van der Waals surface area contributed by atoms with Gasteiger partial charge in [0.25, 0.3) is 0 Å². The molecular formula is C22H31N5O4S2. The molecule has 9 nitrogen and oxygen atoms in total. The first-order chi connectivity index (χ1) is 15.9. The van der Waals surface area contributed by atoms with Crippen LogP contribution in [-0.2, 0) is 19.6 Å². The van der Waals surface area contributed by atoms with Crippen LogP contribution in [0.15, 0.2) is 28.3 Å². The lowest BCUT2D eigenvalue weighted by Crippen LogP contribution is -2.40. The SMILES string of the molecule is Cc1ccc(NC(=O)CSc2nnc(C)n2C2CCCCC2)cc1S(=O)(=O)N1CCOCC1. The van der Waals surface area contributed by atoms with Crippen molar-refractivity contribution in [2.24, 2.45) is 0 Å². The van der Waals surface area contributed by atoms with Gasteiger partial charge in [0.1, 0.15) is 5.82 Å². The van der Waals surface area contributed by atoms with E-state index in [2.05, 4.69) is 20.1 Å². The van der Waals surface area contributed by atoms with E-state index in [0.717, 1.165) is 23.8 Å². The zero-order chi connectivity index (χ0) is 23.4. The lowest BCUT2D eigenvalue weighted by atomic mass is 9.95. The summed E-state index contributed by atoms with van der Waals surface area (Å²) < 4.78 is 35.0. The van der Waals surface area contributed by atoms with Crippen LogP contribution in [0, 0.1) is 13.8 Å². The fraction of sp³-hybridized carbons (Fsp3) is 0.591. The van der Waals surface area contributed by atoms with Crippen molar-refractivity contribution in [1.29, 1.82) is 0 Å². The van der Waals surface area contributed by atoms with E-state index in [9.17, 15) is 13.2 Å². The van der Waals surface area contributed by atoms with Crippen molar-refractivity contribution >= 4 is 33.4 Å². The number of morpholine rings is 1. The molecule has 1 N–H and O–H groups in total. The van der Waals surface area contributed by atoms with Crippen molar-refractivity contribution < 1.29 is 17.9 Å². The molecule has 0 unspecified atom stereocenters. The maximum Gasteiger partial charge on any atom is 0.243 e. The molecule has 0 radical (unpaired) electrons. The lowest BCUT2D eigenvalue weighted by Gasteiger charge is -2.26. The van der Waals surface area contributed by atoms with Crippen LogP contribution in [0.2, 0.25) is 0 Å². The number of nitrogens with zero attached hydrogens (tertiary/aromatic N) is 4. The zero-order valence-corrected chi connectivity index (χ0v) is 20.8. The predicted molar refractivity (Wildman–Crippen MR) is 127 cm³/mol. The van der Waals surface area contributed by atoms with E-state index >= 15 is 0 Å². The zero-order valence-electron chi connectivity index (χ0n) is 19.1. The summed E-state index contributed by atoms with van der Waals surface area (Å²) >= 11 is 1.36. The molecule has 2 fully saturated rings. The Morgan fingerprint density at radius 2 is 1.88 bits per heavy atom. The van der Waals surface area contributed by atoms with E-state index in [4.69, 9.17) is 4.74 Å². The van der Waals surface area contributed by atoms with Gasteiger partial charge in [-0.2, -0.15) is 4.31 Å². The fourth-order valence-electron chi connectivity index (χ4n) is 4.42. The number of amides is 1. The second-order valence-corrected chi connectivity index (χ2v) is 11.4. The maximum absolute atomic E-state index is 13.1. The van der Waals surface area contributed by atoms with E-state index in [-0.39, 0.29) is 16.6 Å². The van der Waals surface area contributed by atoms with Gasteiger partial charge in [-0.15, -0.1) is 10.2 Å². The van der Waals surface area contributed by atoms with Gasteiger partial charge in [0, 0.05) is 24.8 Å². The number of carbonyl (C=O) groups excluding carboxylic acids is 1. The summed E-state index contributed by atoms with van der Waals surface area (Å²) in [5.74, 6) is 0.834. The second-order valence-electron chi connectivity index (χ2n) is 8.53. The van der Waals surface area contributed by atoms with Crippen LogP contribution in [0.4, 0.5) is 5.69 Å². The molecule has 180 valence electrons. The lowest BCUT2D eigenvalue weighted by molar-refractivity contribution is -0.113. The highest BCUT2D eigenvalue weighted by atomic mass is 32.2. The normalized spacial score (nSPS) is 18.4. The Labute approximate surface area is 199 Å². The van der Waals surface area contributed by atoms with Crippen molar-refractivity contribution in [3.63, 3.8) is 0 Å². The Bertz CT molecular complexity index is 1090. The van der Waals surface area contributed by atoms with Gasteiger partial charge in [-0.3, -0.25) is 4.79 Å². The highest BCUT2D eigenvalue weighted by molar-refractivity contribution is 7.99. The predicted octanol–water partition coefficient (Wildman–Crippen LogP) is 3.15. The van der Waals surface area contributed by atoms with E-state index in [1.807, 2.05) is 6.92 Å². The summed E-state index contributed by atoms with van der Waals surface area (Å²) in [7, 11) is -3.65. The molecule has 2 aliphatic rings. The molecule has 2 heterocycles. The smallest absolute Gasteiger partial charge is 0.243 e. The minimum atomic E-state index is -3.65. The van der Waals surface area contributed by atoms with Crippen LogP contribution in [0.5, 0.6) is 0 Å². The Morgan fingerprint density at radius 3 is 2.61 bits per heavy atom. The Hall–Kier alpha value is -1.95. The summed E-state index contributed by atoms with van der Waals surface area (Å²) in [5, 5.41) is 12.1. The molecule has 0 bridgehead atoms. The average Bonchev–Trinajstić information content (AvgIpc) is 3.20. The number of benzene rings is 1. The molecule has 1 amide bonds. The molecule has 1 aliphatic heterocycles. The minimum absolute atomic E-state index is 0.171. The van der Waals surface area contributed by atoms with Crippen molar-refractivity contribution in [3.05, 3.63) is 29.6 Å². The van der Waals surface area contributed by atoms with Gasteiger partial charge in [0.15, 0.2) is 5.16 Å². The van der Waals surface area contributed by atoms with Crippen LogP contribution in [0.25, 0.3) is 0 Å². The number of rotatable bonds is 7. The van der Waals surface area contributed by atoms with Gasteiger partial charge < -0.3 is 14.6 Å². The van der Waals surface area contributed by atoms with Crippen LogP contribution >= 0.6 is 11.8 Å². The van der Waals surface area contributed by atoms with Crippen LogP contribution in [0.3, 0.4) is 0 Å². The summed E-state index contributed by atoms with van der Waals surface area (Å²) in [6.07, 6.45) is 5.90. The summed E-state index contributed by atoms with van der Waals surface area (Å²) in [6.45, 7) is 5.14. The molecule has 1 aromatic carbocycles. The molecule has 1 aliphatic carbocycles. The topological polar surface area (TPSA) is 106 Å². The largest absolute Gasteiger partial charge is 0.379 e. The summed E-state index contributed by atoms with van der Waals surface area (Å²) in [5.41, 5.74) is 1.10. The van der Waals surface area contributed by atoms with Gasteiger partial charge in [-0.05, 0) is 44.4 Å². The third-order valence-corrected chi connectivity index (χ3v) is 9.15. The van der Waals surface area contributed by atoms with E-state index in [0.29, 0.717) is 43.6 Å². The van der Waals surface area contributed by atoms with Crippen molar-refractivity contribution in [2.75, 3.05) is 37.4 Å². The van der Waals surface area contributed by atoms with Crippen LogP contribution in [-0.4, -0.2) is 65.5 Å². The monoisotopic (exact) mass is 493 g/mol. The number of anilines is 1. The van der Waals surface area contributed by atoms with Gasteiger partial charge >= 0.3 is 0 Å². The molecular weight excluding hydrogens is 462 g/mol. The molecule has 33 heavy (non-hydrogen) atoms. The van der Waals surface area contributed by atoms with E-state index < -0.39 is 10.0 Å². The number of sulfonamides is 1. The second kappa shape index (κ2) is 10.5. The van der Waals surface area contributed by atoms with Crippen molar-refractivity contribution in [2.45, 2.75) is 62.0 Å². The number of hydrogen-bond acceptors (Lipinski definition) is 7. The standard InChI is InChI=1S/C22H31N5O4S2/c1-16-8-9-18(14-20(16)33(29,30)26-10-12-31-13-11-26)23-21(28)15-32-22-25-24-17(2)27(22)19-6-4-3-5-7-19/h8-9,14,19H,3-7,10-13,15H2,1-2H3,(H,23,28). The van der Waals surface area contributed by atoms with Gasteiger partial charge in [-0.25, -0.2) is 8.42 Å². The first kappa shape index (κ1) is 24.2. The summed E-state index contributed by atoms with van der Waals surface area (Å²) in [6, 6.07) is 5.38. The molecule has 1 saturated heterocycles. The minimum Gasteiger partial charge on any atom is -0.379 e. The number of carbonyl (C=O) groups is 1. The number of ether oxygens (including phenoxy) is 1. The number of aromatic nitrogens is 3. The quantitative estimate of drug-likeness (QED) is 0.591. The van der Waals surface area contributed by atoms with Gasteiger partial charge in [0.2, 0.25) is 15.9 Å². The Morgan fingerprint density at radius 1 is 1.15 bits per heavy atom. The molecule has 2 aromatic rings. The Balaban J connectivity index is 1.42. The van der Waals surface area contributed by atoms with Crippen LogP contribution in [0.1, 0.15) is 49.5 Å². The number of nitrogens with one attached hydrogen (secondary N) is 1. The average molecular weight is 494 g/mol. The molecule has 0 atom stereocenters. The van der Waals surface area contributed by atoms with Gasteiger partial charge in [-0.1, -0.05) is 37.1 Å². The maximum atomic E-state index is 13.1. The van der Waals surface area contributed by atoms with E-state index in [1.54, 1.807) is 19.1 Å². The number of aryl methyl sites for hydroxylation is 2. The molecule has 1 aromatic heterocycles. The molecule has 11 heteroatoms. The highest BCUT2D eigenvalue weighted by Gasteiger charge is 2.28. The van der Waals surface area contributed by atoms with Crippen molar-refractivity contribution in [3.8, 4) is 0 Å². The fourth-order valence-corrected chi connectivity index (χ4v) is 6.93. The van der Waals surface area contributed by atoms with Crippen molar-refractivity contribution in [1.82, 2.24) is 19.1 Å². The van der Waals surface area contributed by atoms with E-state index in [1.165, 1.54) is 41.4 Å². The van der Waals surface area contributed by atoms with Crippen LogP contribution < -0.4 is 5.32 Å².